The van der Waals surface area contributed by atoms with Gasteiger partial charge in [-0.2, -0.15) is 0 Å². The van der Waals surface area contributed by atoms with Gasteiger partial charge in [-0.1, -0.05) is 23.7 Å². The molecule has 2 N–H and O–H groups in total. The number of carbonyl (C=O) groups is 1. The maximum atomic E-state index is 12.0. The van der Waals surface area contributed by atoms with Gasteiger partial charge in [0, 0.05) is 11.9 Å². The molecule has 0 aliphatic heterocycles. The van der Waals surface area contributed by atoms with E-state index in [9.17, 15) is 4.79 Å². The van der Waals surface area contributed by atoms with Crippen LogP contribution in [0.3, 0.4) is 0 Å². The summed E-state index contributed by atoms with van der Waals surface area (Å²) in [5, 5.41) is 7.38. The molecule has 0 aliphatic carbocycles. The van der Waals surface area contributed by atoms with E-state index in [0.717, 1.165) is 22.3 Å². The minimum atomic E-state index is -0.269. The molecule has 0 unspecified atom stereocenters. The van der Waals surface area contributed by atoms with E-state index in [1.807, 2.05) is 68.4 Å². The van der Waals surface area contributed by atoms with Crippen LogP contribution in [-0.4, -0.2) is 59.0 Å². The smallest absolute Gasteiger partial charge is 0.234 e. The minimum Gasteiger partial charge on any atom is -0.488 e. The number of likely N-dealkylation sites (N-methyl/N-ethyl adjacent to an activating group) is 1. The summed E-state index contributed by atoms with van der Waals surface area (Å²) in [4.78, 5) is 26.9. The van der Waals surface area contributed by atoms with Crippen molar-refractivity contribution < 1.29 is 14.3 Å². The number of nitrogens with zero attached hydrogens (tertiary/aromatic N) is 4. The van der Waals surface area contributed by atoms with Crippen molar-refractivity contribution in [2.75, 3.05) is 32.5 Å². The fraction of sp³-hybridized carbons (Fsp3) is 0.259. The molecule has 2 aromatic heterocycles. The Labute approximate surface area is 220 Å². The molecule has 0 fully saturated rings. The lowest BCUT2D eigenvalue weighted by Gasteiger charge is -2.19. The number of aromatic nitrogens is 3. The zero-order valence-corrected chi connectivity index (χ0v) is 21.7. The second-order valence-corrected chi connectivity index (χ2v) is 9.13. The third kappa shape index (κ3) is 7.28. The van der Waals surface area contributed by atoms with E-state index in [0.29, 0.717) is 42.0 Å². The Morgan fingerprint density at radius 2 is 1.92 bits per heavy atom. The van der Waals surface area contributed by atoms with E-state index in [1.54, 1.807) is 18.3 Å². The van der Waals surface area contributed by atoms with E-state index in [-0.39, 0.29) is 12.0 Å². The van der Waals surface area contributed by atoms with Gasteiger partial charge in [-0.05, 0) is 63.5 Å². The monoisotopic (exact) mass is 520 g/mol. The molecule has 1 amide bonds. The Morgan fingerprint density at radius 3 is 2.68 bits per heavy atom. The fourth-order valence-corrected chi connectivity index (χ4v) is 3.83. The summed E-state index contributed by atoms with van der Waals surface area (Å²) in [6.07, 6.45) is 2.94. The van der Waals surface area contributed by atoms with Gasteiger partial charge >= 0.3 is 0 Å². The summed E-state index contributed by atoms with van der Waals surface area (Å²) < 4.78 is 12.0. The molecule has 0 radical (unpaired) electrons. The van der Waals surface area contributed by atoms with Gasteiger partial charge in [0.15, 0.2) is 0 Å². The topological polar surface area (TPSA) is 102 Å². The second-order valence-electron chi connectivity index (χ2n) is 8.72. The molecule has 0 saturated heterocycles. The maximum absolute atomic E-state index is 12.0. The quantitative estimate of drug-likeness (QED) is 0.299. The van der Waals surface area contributed by atoms with E-state index >= 15 is 0 Å². The summed E-state index contributed by atoms with van der Waals surface area (Å²) in [7, 11) is 3.69. The fourth-order valence-electron chi connectivity index (χ4n) is 3.60. The van der Waals surface area contributed by atoms with E-state index in [2.05, 4.69) is 25.6 Å². The number of nitrogens with one attached hydrogen (secondary N) is 2. The van der Waals surface area contributed by atoms with Crippen LogP contribution in [0.1, 0.15) is 12.6 Å². The maximum Gasteiger partial charge on any atom is 0.234 e. The minimum absolute atomic E-state index is 0.0617. The molecule has 192 valence electrons. The van der Waals surface area contributed by atoms with E-state index < -0.39 is 0 Å². The van der Waals surface area contributed by atoms with Crippen LogP contribution in [-0.2, 0) is 11.4 Å². The van der Waals surface area contributed by atoms with Gasteiger partial charge in [-0.15, -0.1) is 0 Å². The molecular weight excluding hydrogens is 492 g/mol. The molecule has 1 atom stereocenters. The Kier molecular flexibility index (Phi) is 8.71. The summed E-state index contributed by atoms with van der Waals surface area (Å²) >= 11 is 6.49. The summed E-state index contributed by atoms with van der Waals surface area (Å²) in [6.45, 7) is 2.90. The zero-order valence-electron chi connectivity index (χ0n) is 20.9. The van der Waals surface area contributed by atoms with Gasteiger partial charge in [0.25, 0.3) is 0 Å². The van der Waals surface area contributed by atoms with Crippen LogP contribution >= 0.6 is 11.6 Å². The second kappa shape index (κ2) is 12.3. The summed E-state index contributed by atoms with van der Waals surface area (Å²) in [5.74, 6) is 1.67. The van der Waals surface area contributed by atoms with E-state index in [1.165, 1.54) is 6.33 Å². The highest BCUT2D eigenvalue weighted by molar-refractivity contribution is 6.32. The molecule has 2 aromatic carbocycles. The van der Waals surface area contributed by atoms with Crippen LogP contribution < -0.4 is 20.1 Å². The molecule has 0 spiro atoms. The predicted octanol–water partition coefficient (Wildman–Crippen LogP) is 4.45. The van der Waals surface area contributed by atoms with Gasteiger partial charge in [-0.3, -0.25) is 9.78 Å². The van der Waals surface area contributed by atoms with Crippen molar-refractivity contribution in [2.45, 2.75) is 19.6 Å². The lowest BCUT2D eigenvalue weighted by atomic mass is 10.2. The Bertz CT molecular complexity index is 1350. The first kappa shape index (κ1) is 26.1. The van der Waals surface area contributed by atoms with Crippen molar-refractivity contribution in [3.05, 3.63) is 77.8 Å². The molecule has 10 heteroatoms. The first-order chi connectivity index (χ1) is 17.9. The van der Waals surface area contributed by atoms with Crippen molar-refractivity contribution in [3.63, 3.8) is 0 Å². The van der Waals surface area contributed by atoms with Crippen molar-refractivity contribution in [1.29, 1.82) is 0 Å². The highest BCUT2D eigenvalue weighted by atomic mass is 35.5. The number of anilines is 2. The van der Waals surface area contributed by atoms with Gasteiger partial charge in [-0.25, -0.2) is 9.97 Å². The average Bonchev–Trinajstić information content (AvgIpc) is 2.87. The van der Waals surface area contributed by atoms with Crippen LogP contribution in [0.4, 0.5) is 11.5 Å². The van der Waals surface area contributed by atoms with Crippen LogP contribution in [0.25, 0.3) is 10.9 Å². The van der Waals surface area contributed by atoms with Crippen molar-refractivity contribution in [2.24, 2.45) is 0 Å². The Balaban J connectivity index is 1.48. The molecule has 37 heavy (non-hydrogen) atoms. The summed E-state index contributed by atoms with van der Waals surface area (Å²) in [5.41, 5.74) is 2.27. The lowest BCUT2D eigenvalue weighted by Crippen LogP contribution is -2.38. The zero-order chi connectivity index (χ0) is 26.2. The number of hydrogen-bond donors (Lipinski definition) is 2. The van der Waals surface area contributed by atoms with Gasteiger partial charge in [0.2, 0.25) is 5.91 Å². The standard InChI is InChI=1S/C27H29ClN6O3/c1-18(14-30-25(35)15-34(2)3)37-24-9-6-8-22-26(24)27(32-17-31-22)33-19-10-11-23(21(28)13-19)36-16-20-7-4-5-12-29-20/h4-13,17-18H,14-16H2,1-3H3,(H,30,35)(H,31,32,33)/t18-/m1/s1. The number of fused-ring (bicyclic) bond motifs is 1. The largest absolute Gasteiger partial charge is 0.488 e. The number of benzene rings is 2. The van der Waals surface area contributed by atoms with Crippen LogP contribution in [0.15, 0.2) is 67.1 Å². The van der Waals surface area contributed by atoms with Crippen LogP contribution in [0, 0.1) is 0 Å². The van der Waals surface area contributed by atoms with Gasteiger partial charge in [0.05, 0.1) is 34.7 Å². The number of ether oxygens (including phenoxy) is 2. The van der Waals surface area contributed by atoms with Crippen LogP contribution in [0.2, 0.25) is 5.02 Å². The highest BCUT2D eigenvalue weighted by Gasteiger charge is 2.15. The number of rotatable bonds is 11. The van der Waals surface area contributed by atoms with Crippen molar-refractivity contribution >= 4 is 39.9 Å². The molecule has 0 bridgehead atoms. The van der Waals surface area contributed by atoms with Crippen LogP contribution in [0.5, 0.6) is 11.5 Å². The number of amides is 1. The number of hydrogen-bond acceptors (Lipinski definition) is 8. The first-order valence-corrected chi connectivity index (χ1v) is 12.2. The van der Waals surface area contributed by atoms with Crippen molar-refractivity contribution in [1.82, 2.24) is 25.2 Å². The van der Waals surface area contributed by atoms with Gasteiger partial charge in [0.1, 0.15) is 36.4 Å². The molecular formula is C27H29ClN6O3. The van der Waals surface area contributed by atoms with Crippen molar-refractivity contribution in [3.8, 4) is 11.5 Å². The number of pyridine rings is 1. The third-order valence-electron chi connectivity index (χ3n) is 5.30. The van der Waals surface area contributed by atoms with E-state index in [4.69, 9.17) is 21.1 Å². The highest BCUT2D eigenvalue weighted by Crippen LogP contribution is 2.34. The normalized spacial score (nSPS) is 11.8. The first-order valence-electron chi connectivity index (χ1n) is 11.8. The molecule has 4 aromatic rings. The lowest BCUT2D eigenvalue weighted by molar-refractivity contribution is -0.122. The molecule has 4 rings (SSSR count). The SMILES string of the molecule is C[C@H](CNC(=O)CN(C)C)Oc1cccc2ncnc(Nc3ccc(OCc4ccccn4)c(Cl)c3)c12. The Hall–Kier alpha value is -3.95. The number of carbonyl (C=O) groups excluding carboxylic acids is 1. The van der Waals surface area contributed by atoms with Gasteiger partial charge < -0.3 is 25.0 Å². The Morgan fingerprint density at radius 1 is 1.05 bits per heavy atom. The molecule has 0 aliphatic rings. The molecule has 2 heterocycles. The molecule has 0 saturated carbocycles. The third-order valence-corrected chi connectivity index (χ3v) is 5.59. The number of halogens is 1. The predicted molar refractivity (Wildman–Crippen MR) is 144 cm³/mol. The summed E-state index contributed by atoms with van der Waals surface area (Å²) in [6, 6.07) is 16.7. The molecule has 9 nitrogen and oxygen atoms in total. The average molecular weight is 521 g/mol.